The van der Waals surface area contributed by atoms with Crippen molar-refractivity contribution in [1.82, 2.24) is 0 Å². The van der Waals surface area contributed by atoms with E-state index in [0.717, 1.165) is 25.7 Å². The molecule has 0 bridgehead atoms. The van der Waals surface area contributed by atoms with Crippen LogP contribution in [-0.2, 0) is 9.59 Å². The number of nitrogens with two attached hydrogens (primary N) is 2. The summed E-state index contributed by atoms with van der Waals surface area (Å²) in [6, 6.07) is 0. The molecule has 0 spiro atoms. The van der Waals surface area contributed by atoms with E-state index in [-0.39, 0.29) is 5.78 Å². The van der Waals surface area contributed by atoms with Crippen LogP contribution in [0.1, 0.15) is 206 Å². The number of aliphatic carboxylic acids is 1. The van der Waals surface area contributed by atoms with Crippen LogP contribution in [0.15, 0.2) is 12.2 Å². The highest BCUT2D eigenvalue weighted by Gasteiger charge is 2.39. The fourth-order valence-corrected chi connectivity index (χ4v) is 5.87. The lowest BCUT2D eigenvalue weighted by molar-refractivity contribution is -0.148. The minimum absolute atomic E-state index is 0.161. The maximum absolute atomic E-state index is 12.1. The second-order valence-electron chi connectivity index (χ2n) is 13.4. The van der Waals surface area contributed by atoms with Crippen molar-refractivity contribution in [2.45, 2.75) is 212 Å². The number of rotatable bonds is 34. The van der Waals surface area contributed by atoms with E-state index in [0.29, 0.717) is 6.42 Å². The number of carboxylic acid groups (broad SMARTS) is 1. The summed E-state index contributed by atoms with van der Waals surface area (Å²) in [4.78, 5) is 23.2. The van der Waals surface area contributed by atoms with Gasteiger partial charge in [-0.2, -0.15) is 0 Å². The predicted octanol–water partition coefficient (Wildman–Crippen LogP) is 11.2. The van der Waals surface area contributed by atoms with Crippen LogP contribution in [0.3, 0.4) is 0 Å². The van der Waals surface area contributed by atoms with Crippen LogP contribution in [0.2, 0.25) is 0 Å². The van der Waals surface area contributed by atoms with E-state index in [1.807, 2.05) is 0 Å². The number of ketones is 1. The first-order valence-electron chi connectivity index (χ1n) is 18.8. The Balaban J connectivity index is 3.27. The topological polar surface area (TPSA) is 106 Å². The SMILES string of the molecule is CCCCCCCCCCCCCCCCCCCCCCCC/C=C\CCCCCCCC(=O)C(C)C(N)(N)C(=O)O. The molecular formula is C38H74N2O3. The number of carbonyl (C=O) groups is 2. The van der Waals surface area contributed by atoms with Gasteiger partial charge in [0.2, 0.25) is 0 Å². The summed E-state index contributed by atoms with van der Waals surface area (Å²) in [6.45, 7) is 3.80. The average molecular weight is 607 g/mol. The fraction of sp³-hybridized carbons (Fsp3) is 0.895. The molecule has 0 aliphatic carbocycles. The molecule has 0 radical (unpaired) electrons. The van der Waals surface area contributed by atoms with Crippen molar-refractivity contribution in [2.75, 3.05) is 0 Å². The molecule has 0 saturated carbocycles. The van der Waals surface area contributed by atoms with Gasteiger partial charge in [0, 0.05) is 6.42 Å². The Morgan fingerprint density at radius 3 is 1.12 bits per heavy atom. The smallest absolute Gasteiger partial charge is 0.339 e. The Kier molecular flexibility index (Phi) is 30.0. The highest BCUT2D eigenvalue weighted by molar-refractivity contribution is 5.90. The molecule has 0 aromatic rings. The van der Waals surface area contributed by atoms with Gasteiger partial charge in [-0.05, 0) is 32.1 Å². The lowest BCUT2D eigenvalue weighted by Gasteiger charge is -2.25. The predicted molar refractivity (Wildman–Crippen MR) is 186 cm³/mol. The third kappa shape index (κ3) is 26.9. The molecule has 5 heteroatoms. The molecule has 0 rings (SSSR count). The monoisotopic (exact) mass is 607 g/mol. The molecule has 0 aliphatic rings. The minimum Gasteiger partial charge on any atom is -0.479 e. The van der Waals surface area contributed by atoms with Crippen LogP contribution < -0.4 is 11.5 Å². The van der Waals surface area contributed by atoms with E-state index < -0.39 is 17.6 Å². The van der Waals surface area contributed by atoms with Crippen LogP contribution in [-0.4, -0.2) is 22.5 Å². The van der Waals surface area contributed by atoms with Gasteiger partial charge < -0.3 is 16.6 Å². The summed E-state index contributed by atoms with van der Waals surface area (Å²) in [5.74, 6) is -2.37. The summed E-state index contributed by atoms with van der Waals surface area (Å²) >= 11 is 0. The third-order valence-corrected chi connectivity index (χ3v) is 9.25. The van der Waals surface area contributed by atoms with Crippen LogP contribution >= 0.6 is 0 Å². The van der Waals surface area contributed by atoms with Gasteiger partial charge in [-0.15, -0.1) is 0 Å². The Labute approximate surface area is 267 Å². The molecule has 43 heavy (non-hydrogen) atoms. The average Bonchev–Trinajstić information content (AvgIpc) is 2.99. The largest absolute Gasteiger partial charge is 0.479 e. The maximum Gasteiger partial charge on any atom is 0.339 e. The molecule has 0 aromatic heterocycles. The fourth-order valence-electron chi connectivity index (χ4n) is 5.87. The molecule has 0 aliphatic heterocycles. The van der Waals surface area contributed by atoms with Crippen LogP contribution in [0.25, 0.3) is 0 Å². The van der Waals surface area contributed by atoms with Gasteiger partial charge in [0.1, 0.15) is 5.78 Å². The second kappa shape index (κ2) is 30.8. The first-order chi connectivity index (χ1) is 20.8. The molecule has 0 amide bonds. The number of carboxylic acids is 1. The standard InChI is InChI=1S/C38H74N2O3/c1-3-4-5-6-7-8-9-10-11-12-13-14-15-16-17-18-19-20-21-22-23-24-25-26-27-28-29-30-31-32-33-34-36(41)35(2)38(39,40)37(42)43/h26-27,35H,3-25,28-34,39-40H2,1-2H3,(H,42,43)/b27-26-. The normalized spacial score (nSPS) is 12.7. The van der Waals surface area contributed by atoms with Crippen molar-refractivity contribution in [3.63, 3.8) is 0 Å². The van der Waals surface area contributed by atoms with Gasteiger partial charge in [0.25, 0.3) is 0 Å². The highest BCUT2D eigenvalue weighted by Crippen LogP contribution is 2.17. The van der Waals surface area contributed by atoms with Crippen molar-refractivity contribution in [2.24, 2.45) is 17.4 Å². The summed E-state index contributed by atoms with van der Waals surface area (Å²) in [5, 5.41) is 9.04. The molecule has 254 valence electrons. The van der Waals surface area contributed by atoms with Crippen molar-refractivity contribution in [1.29, 1.82) is 0 Å². The quantitative estimate of drug-likeness (QED) is 0.0384. The number of carbonyl (C=O) groups excluding carboxylic acids is 1. The Bertz CT molecular complexity index is 662. The lowest BCUT2D eigenvalue weighted by Crippen LogP contribution is -2.62. The molecule has 5 N–H and O–H groups in total. The van der Waals surface area contributed by atoms with Crippen LogP contribution in [0, 0.1) is 5.92 Å². The highest BCUT2D eigenvalue weighted by atomic mass is 16.4. The number of unbranched alkanes of at least 4 members (excludes halogenated alkanes) is 27. The molecule has 0 heterocycles. The van der Waals surface area contributed by atoms with E-state index in [9.17, 15) is 9.59 Å². The third-order valence-electron chi connectivity index (χ3n) is 9.25. The van der Waals surface area contributed by atoms with Gasteiger partial charge in [0.05, 0.1) is 5.92 Å². The van der Waals surface area contributed by atoms with Gasteiger partial charge in [-0.3, -0.25) is 4.79 Å². The molecular weight excluding hydrogens is 532 g/mol. The van der Waals surface area contributed by atoms with Gasteiger partial charge in [-0.25, -0.2) is 4.79 Å². The molecule has 0 saturated heterocycles. The first-order valence-corrected chi connectivity index (χ1v) is 18.8. The minimum atomic E-state index is -1.98. The maximum atomic E-state index is 12.1. The molecule has 1 unspecified atom stereocenters. The van der Waals surface area contributed by atoms with Crippen molar-refractivity contribution in [3.8, 4) is 0 Å². The zero-order chi connectivity index (χ0) is 31.9. The first kappa shape index (κ1) is 41.8. The molecule has 0 aromatic carbocycles. The summed E-state index contributed by atoms with van der Waals surface area (Å²) in [6.07, 6.45) is 44.1. The van der Waals surface area contributed by atoms with Crippen molar-refractivity contribution >= 4 is 11.8 Å². The Hall–Kier alpha value is -1.20. The lowest BCUT2D eigenvalue weighted by atomic mass is 9.89. The summed E-state index contributed by atoms with van der Waals surface area (Å²) in [5.41, 5.74) is 9.14. The van der Waals surface area contributed by atoms with Gasteiger partial charge in [-0.1, -0.05) is 180 Å². The van der Waals surface area contributed by atoms with Gasteiger partial charge in [0.15, 0.2) is 5.66 Å². The van der Waals surface area contributed by atoms with E-state index >= 15 is 0 Å². The summed E-state index contributed by atoms with van der Waals surface area (Å²) < 4.78 is 0. The number of hydrogen-bond acceptors (Lipinski definition) is 4. The zero-order valence-electron chi connectivity index (χ0n) is 28.9. The molecule has 5 nitrogen and oxygen atoms in total. The number of hydrogen-bond donors (Lipinski definition) is 3. The molecule has 0 fully saturated rings. The van der Waals surface area contributed by atoms with Crippen molar-refractivity contribution in [3.05, 3.63) is 12.2 Å². The van der Waals surface area contributed by atoms with E-state index in [1.54, 1.807) is 0 Å². The Morgan fingerprint density at radius 1 is 0.535 bits per heavy atom. The Morgan fingerprint density at radius 2 is 0.814 bits per heavy atom. The zero-order valence-corrected chi connectivity index (χ0v) is 28.9. The second-order valence-corrected chi connectivity index (χ2v) is 13.4. The van der Waals surface area contributed by atoms with Gasteiger partial charge >= 0.3 is 5.97 Å². The van der Waals surface area contributed by atoms with Crippen LogP contribution in [0.5, 0.6) is 0 Å². The molecule has 1 atom stereocenters. The van der Waals surface area contributed by atoms with Crippen LogP contribution in [0.4, 0.5) is 0 Å². The summed E-state index contributed by atoms with van der Waals surface area (Å²) in [7, 11) is 0. The van der Waals surface area contributed by atoms with E-state index in [4.69, 9.17) is 16.6 Å². The van der Waals surface area contributed by atoms with E-state index in [2.05, 4.69) is 19.1 Å². The van der Waals surface area contributed by atoms with Crippen molar-refractivity contribution < 1.29 is 14.7 Å². The van der Waals surface area contributed by atoms with E-state index in [1.165, 1.54) is 167 Å². The number of Topliss-reactive ketones (excluding diaryl/α,β-unsaturated/α-hetero) is 1. The number of allylic oxidation sites excluding steroid dienone is 2.